The van der Waals surface area contributed by atoms with Crippen molar-refractivity contribution >= 4 is 35.8 Å². The molecule has 1 aliphatic carbocycles. The Morgan fingerprint density at radius 2 is 1.30 bits per heavy atom. The average molecular weight is 521 g/mol. The molecule has 6 amide bonds. The van der Waals surface area contributed by atoms with Crippen LogP contribution in [0.5, 0.6) is 0 Å². The van der Waals surface area contributed by atoms with Crippen molar-refractivity contribution in [1.29, 1.82) is 0 Å². The zero-order valence-corrected chi connectivity index (χ0v) is 20.7. The van der Waals surface area contributed by atoms with Gasteiger partial charge in [-0.05, 0) is 30.1 Å². The van der Waals surface area contributed by atoms with Crippen LogP contribution in [0.25, 0.3) is 0 Å². The lowest BCUT2D eigenvalue weighted by Crippen LogP contribution is -2.50. The summed E-state index contributed by atoms with van der Waals surface area (Å²) >= 11 is 0. The standard InChI is InChI=1S/C24H32N4O8.CH4/c1-23(2)12-16(26-22(34)36-11-9-28-19(31)6-7-20(28)32)13-24(3,14-23)15-25-21(33)35-10-8-27-17(29)4-5-18(27)30;/h4-7,16H,8-15H2,1-3H3,(H,25,33)(H,26,34);1H4. The fourth-order valence-electron chi connectivity index (χ4n) is 5.18. The van der Waals surface area contributed by atoms with Gasteiger partial charge < -0.3 is 20.1 Å². The van der Waals surface area contributed by atoms with Gasteiger partial charge in [-0.2, -0.15) is 0 Å². The van der Waals surface area contributed by atoms with Crippen molar-refractivity contribution in [2.45, 2.75) is 53.5 Å². The fourth-order valence-corrected chi connectivity index (χ4v) is 5.18. The zero-order chi connectivity index (χ0) is 26.5. The van der Waals surface area contributed by atoms with Gasteiger partial charge >= 0.3 is 12.2 Å². The molecule has 12 heteroatoms. The first kappa shape index (κ1) is 29.5. The van der Waals surface area contributed by atoms with E-state index in [1.54, 1.807) is 0 Å². The lowest BCUT2D eigenvalue weighted by atomic mass is 9.62. The maximum atomic E-state index is 12.3. The molecule has 0 radical (unpaired) electrons. The van der Waals surface area contributed by atoms with Crippen molar-refractivity contribution in [3.63, 3.8) is 0 Å². The molecule has 1 fully saturated rings. The molecule has 12 nitrogen and oxygen atoms in total. The average Bonchev–Trinajstić information content (AvgIpc) is 3.26. The Balaban J connectivity index is 0.00000481. The molecule has 204 valence electrons. The molecule has 0 saturated heterocycles. The van der Waals surface area contributed by atoms with E-state index in [4.69, 9.17) is 9.47 Å². The Kier molecular flexibility index (Phi) is 9.60. The lowest BCUT2D eigenvalue weighted by Gasteiger charge is -2.46. The predicted molar refractivity (Wildman–Crippen MR) is 132 cm³/mol. The summed E-state index contributed by atoms with van der Waals surface area (Å²) in [5.41, 5.74) is -0.469. The molecule has 2 atom stereocenters. The maximum Gasteiger partial charge on any atom is 0.407 e. The van der Waals surface area contributed by atoms with E-state index in [0.29, 0.717) is 19.4 Å². The second kappa shape index (κ2) is 12.0. The summed E-state index contributed by atoms with van der Waals surface area (Å²) in [4.78, 5) is 72.7. The summed E-state index contributed by atoms with van der Waals surface area (Å²) in [5.74, 6) is -1.74. The van der Waals surface area contributed by atoms with E-state index in [9.17, 15) is 28.8 Å². The fraction of sp³-hybridized carbons (Fsp3) is 0.600. The van der Waals surface area contributed by atoms with E-state index in [2.05, 4.69) is 24.5 Å². The highest BCUT2D eigenvalue weighted by Gasteiger charge is 2.42. The Morgan fingerprint density at radius 3 is 1.78 bits per heavy atom. The van der Waals surface area contributed by atoms with E-state index in [0.717, 1.165) is 16.2 Å². The first-order valence-electron chi connectivity index (χ1n) is 11.8. The summed E-state index contributed by atoms with van der Waals surface area (Å²) < 4.78 is 10.3. The molecule has 0 bridgehead atoms. The minimum atomic E-state index is -0.656. The molecule has 37 heavy (non-hydrogen) atoms. The van der Waals surface area contributed by atoms with Crippen LogP contribution in [0.2, 0.25) is 0 Å². The van der Waals surface area contributed by atoms with Crippen LogP contribution in [0.4, 0.5) is 9.59 Å². The molecule has 2 aliphatic heterocycles. The van der Waals surface area contributed by atoms with Crippen molar-refractivity contribution in [2.75, 3.05) is 32.8 Å². The monoisotopic (exact) mass is 520 g/mol. The van der Waals surface area contributed by atoms with Gasteiger partial charge in [-0.3, -0.25) is 29.0 Å². The molecular weight excluding hydrogens is 484 g/mol. The molecule has 0 spiro atoms. The third-order valence-corrected chi connectivity index (χ3v) is 6.32. The number of nitrogens with one attached hydrogen (secondary N) is 2. The third-order valence-electron chi connectivity index (χ3n) is 6.32. The highest BCUT2D eigenvalue weighted by atomic mass is 16.6. The van der Waals surface area contributed by atoms with Crippen LogP contribution in [0.15, 0.2) is 24.3 Å². The normalized spacial score (nSPS) is 24.2. The van der Waals surface area contributed by atoms with Crippen molar-refractivity contribution in [2.24, 2.45) is 10.8 Å². The van der Waals surface area contributed by atoms with Gasteiger partial charge in [0.25, 0.3) is 23.6 Å². The van der Waals surface area contributed by atoms with Gasteiger partial charge in [-0.15, -0.1) is 0 Å². The summed E-state index contributed by atoms with van der Waals surface area (Å²) in [7, 11) is 0. The van der Waals surface area contributed by atoms with Gasteiger partial charge in [-0.1, -0.05) is 28.2 Å². The second-order valence-electron chi connectivity index (χ2n) is 10.3. The minimum Gasteiger partial charge on any atom is -0.448 e. The summed E-state index contributed by atoms with van der Waals surface area (Å²) in [6, 6.07) is -0.208. The highest BCUT2D eigenvalue weighted by Crippen LogP contribution is 2.45. The number of amides is 6. The number of ether oxygens (including phenoxy) is 2. The Bertz CT molecular complexity index is 969. The topological polar surface area (TPSA) is 151 Å². The van der Waals surface area contributed by atoms with Gasteiger partial charge in [0, 0.05) is 36.9 Å². The highest BCUT2D eigenvalue weighted by molar-refractivity contribution is 6.13. The minimum absolute atomic E-state index is 0. The van der Waals surface area contributed by atoms with E-state index < -0.39 is 35.8 Å². The summed E-state index contributed by atoms with van der Waals surface area (Å²) in [6.07, 6.45) is 5.47. The first-order valence-corrected chi connectivity index (χ1v) is 11.8. The largest absolute Gasteiger partial charge is 0.448 e. The van der Waals surface area contributed by atoms with Crippen molar-refractivity contribution in [3.05, 3.63) is 24.3 Å². The van der Waals surface area contributed by atoms with Gasteiger partial charge in [-0.25, -0.2) is 9.59 Å². The van der Waals surface area contributed by atoms with E-state index >= 15 is 0 Å². The first-order chi connectivity index (χ1) is 16.9. The maximum absolute atomic E-state index is 12.3. The number of carbonyl (C=O) groups excluding carboxylic acids is 6. The number of rotatable bonds is 9. The van der Waals surface area contributed by atoms with E-state index in [1.165, 1.54) is 24.3 Å². The van der Waals surface area contributed by atoms with Crippen LogP contribution >= 0.6 is 0 Å². The van der Waals surface area contributed by atoms with Gasteiger partial charge in [0.05, 0.1) is 13.1 Å². The molecule has 2 N–H and O–H groups in total. The van der Waals surface area contributed by atoms with Crippen LogP contribution in [-0.4, -0.2) is 84.5 Å². The van der Waals surface area contributed by atoms with Crippen LogP contribution in [0, 0.1) is 10.8 Å². The van der Waals surface area contributed by atoms with Crippen molar-refractivity contribution < 1.29 is 38.2 Å². The molecule has 0 aromatic heterocycles. The van der Waals surface area contributed by atoms with Crippen LogP contribution in [-0.2, 0) is 28.7 Å². The molecule has 3 rings (SSSR count). The second-order valence-corrected chi connectivity index (χ2v) is 10.3. The molecule has 2 heterocycles. The quantitative estimate of drug-likeness (QED) is 0.434. The summed E-state index contributed by atoms with van der Waals surface area (Å²) in [5, 5.41) is 5.60. The molecule has 1 saturated carbocycles. The van der Waals surface area contributed by atoms with Crippen LogP contribution in [0.1, 0.15) is 47.5 Å². The smallest absolute Gasteiger partial charge is 0.407 e. The Hall–Kier alpha value is -3.70. The molecular formula is C25H36N4O8. The number of imide groups is 2. The lowest BCUT2D eigenvalue weighted by molar-refractivity contribution is -0.138. The molecule has 0 aromatic carbocycles. The van der Waals surface area contributed by atoms with Gasteiger partial charge in [0.1, 0.15) is 13.2 Å². The van der Waals surface area contributed by atoms with Crippen LogP contribution < -0.4 is 10.6 Å². The Morgan fingerprint density at radius 1 is 0.838 bits per heavy atom. The van der Waals surface area contributed by atoms with Gasteiger partial charge in [0.15, 0.2) is 0 Å². The number of carbonyl (C=O) groups is 6. The Labute approximate surface area is 216 Å². The molecule has 3 aliphatic rings. The predicted octanol–water partition coefficient (Wildman–Crippen LogP) is 1.51. The molecule has 0 aromatic rings. The number of hydrogen-bond donors (Lipinski definition) is 2. The van der Waals surface area contributed by atoms with Gasteiger partial charge in [0.2, 0.25) is 0 Å². The zero-order valence-electron chi connectivity index (χ0n) is 20.7. The van der Waals surface area contributed by atoms with Crippen LogP contribution in [0.3, 0.4) is 0 Å². The number of nitrogens with zero attached hydrogens (tertiary/aromatic N) is 2. The SMILES string of the molecule is C.CC1(C)CC(NC(=O)OCCN2C(=O)C=CC2=O)CC(C)(CNC(=O)OCCN2C(=O)C=CC2=O)C1. The van der Waals surface area contributed by atoms with E-state index in [-0.39, 0.29) is 50.6 Å². The van der Waals surface area contributed by atoms with E-state index in [1.807, 2.05) is 6.92 Å². The molecule has 2 unspecified atom stereocenters. The third kappa shape index (κ3) is 8.16. The number of alkyl carbamates (subject to hydrolysis) is 2. The van der Waals surface area contributed by atoms with Crippen molar-refractivity contribution in [3.8, 4) is 0 Å². The summed E-state index contributed by atoms with van der Waals surface area (Å²) in [6.45, 7) is 6.21. The van der Waals surface area contributed by atoms with Crippen molar-refractivity contribution in [1.82, 2.24) is 20.4 Å². The number of hydrogen-bond acceptors (Lipinski definition) is 8.